The predicted octanol–water partition coefficient (Wildman–Crippen LogP) is 14.7. The third-order valence-corrected chi connectivity index (χ3v) is 13.9. The minimum Gasteiger partial charge on any atom is -0.491 e. The van der Waals surface area contributed by atoms with Gasteiger partial charge < -0.3 is 23.7 Å². The number of aryl methyl sites for hydroxylation is 1. The van der Waals surface area contributed by atoms with Crippen molar-refractivity contribution >= 4 is 0 Å². The van der Waals surface area contributed by atoms with Gasteiger partial charge in [-0.1, -0.05) is 135 Å². The monoisotopic (exact) mass is 841 g/mol. The van der Waals surface area contributed by atoms with Gasteiger partial charge in [0.15, 0.2) is 0 Å². The number of benzene rings is 3. The van der Waals surface area contributed by atoms with E-state index in [-0.39, 0.29) is 0 Å². The zero-order valence-corrected chi connectivity index (χ0v) is 40.0. The van der Waals surface area contributed by atoms with Gasteiger partial charge in [-0.3, -0.25) is 0 Å². The van der Waals surface area contributed by atoms with Crippen LogP contribution in [0, 0.1) is 47.3 Å². The quantitative estimate of drug-likeness (QED) is 0.201. The van der Waals surface area contributed by atoms with Gasteiger partial charge in [-0.15, -0.1) is 0 Å². The number of fused-ring (bicyclic) bond motifs is 10. The van der Waals surface area contributed by atoms with Crippen LogP contribution in [-0.4, -0.2) is 51.3 Å². The molecule has 342 valence electrons. The summed E-state index contributed by atoms with van der Waals surface area (Å²) in [5.41, 5.74) is 1.42. The highest BCUT2D eigenvalue weighted by molar-refractivity contribution is 5.22. The largest absolute Gasteiger partial charge is 0.491 e. The molecule has 6 saturated carbocycles. The first-order chi connectivity index (χ1) is 30.2. The molecule has 3 saturated heterocycles. The number of epoxide rings is 3. The third kappa shape index (κ3) is 17.7. The van der Waals surface area contributed by atoms with Crippen molar-refractivity contribution in [1.82, 2.24) is 0 Å². The zero-order valence-electron chi connectivity index (χ0n) is 40.0. The van der Waals surface area contributed by atoms with E-state index in [2.05, 4.69) is 30.3 Å². The van der Waals surface area contributed by atoms with Crippen LogP contribution in [0.4, 0.5) is 0 Å². The van der Waals surface area contributed by atoms with E-state index < -0.39 is 0 Å². The Balaban J connectivity index is 0.000000161. The van der Waals surface area contributed by atoms with Crippen LogP contribution < -0.4 is 9.47 Å². The number of hydrogen-bond acceptors (Lipinski definition) is 5. The maximum Gasteiger partial charge on any atom is 0.119 e. The molecule has 0 aromatic heterocycles. The van der Waals surface area contributed by atoms with Gasteiger partial charge in [-0.05, 0) is 154 Å². The predicted molar refractivity (Wildman–Crippen MR) is 257 cm³/mol. The molecule has 9 aliphatic rings. The van der Waals surface area contributed by atoms with E-state index >= 15 is 0 Å². The second-order valence-corrected chi connectivity index (χ2v) is 17.3. The third-order valence-electron chi connectivity index (χ3n) is 13.9. The molecular formula is C56H88O5. The SMILES string of the molecule is C1CC2C3CCC(C3)C2C1.C1CC2C3CCC(C3)C2C1.CC.CC.CC.CC.c1ccc(CCC2CO2)cc1.c1ccc(OCC2CO2)cc1.c1ccc(OCC2CO2)cc1. The number of para-hydroxylation sites is 2. The van der Waals surface area contributed by atoms with Crippen molar-refractivity contribution in [2.45, 2.75) is 164 Å². The van der Waals surface area contributed by atoms with E-state index in [0.717, 1.165) is 37.7 Å². The summed E-state index contributed by atoms with van der Waals surface area (Å²) in [7, 11) is 0. The lowest BCUT2D eigenvalue weighted by Gasteiger charge is -2.23. The molecule has 5 heteroatoms. The molecule has 6 aliphatic carbocycles. The van der Waals surface area contributed by atoms with E-state index in [1.807, 2.05) is 116 Å². The van der Waals surface area contributed by atoms with Gasteiger partial charge in [0.05, 0.1) is 25.9 Å². The summed E-state index contributed by atoms with van der Waals surface area (Å²) in [6, 6.07) is 30.1. The molecule has 3 aromatic rings. The molecule has 3 aromatic carbocycles. The van der Waals surface area contributed by atoms with Crippen LogP contribution in [0.15, 0.2) is 91.0 Å². The van der Waals surface area contributed by atoms with Crippen molar-refractivity contribution in [2.24, 2.45) is 47.3 Å². The normalized spacial score (nSPS) is 30.9. The fourth-order valence-electron chi connectivity index (χ4n) is 11.0. The fraction of sp³-hybridized carbons (Fsp3) is 0.679. The highest BCUT2D eigenvalue weighted by Crippen LogP contribution is 2.59. The van der Waals surface area contributed by atoms with Crippen LogP contribution in [0.1, 0.15) is 144 Å². The summed E-state index contributed by atoms with van der Waals surface area (Å²) in [5, 5.41) is 0. The highest BCUT2D eigenvalue weighted by Gasteiger charge is 2.49. The molecule has 12 rings (SSSR count). The minimum absolute atomic E-state index is 0.343. The number of ether oxygens (including phenoxy) is 5. The first-order valence-corrected chi connectivity index (χ1v) is 25.5. The minimum atomic E-state index is 0.343. The molecule has 61 heavy (non-hydrogen) atoms. The van der Waals surface area contributed by atoms with E-state index in [1.54, 1.807) is 77.0 Å². The van der Waals surface area contributed by atoms with Gasteiger partial charge in [0.2, 0.25) is 0 Å². The summed E-state index contributed by atoms with van der Waals surface area (Å²) >= 11 is 0. The standard InChI is InChI=1S/C10H12O.2C10H16.2C9H10O2.4C2H6/c1-2-4-9(5-3-1)6-7-10-8-11-10;2*1-2-9-7-4-5-8(6-7)10(9)3-1;2*1-2-4-8(5-3-1)10-6-9-7-11-9;4*1-2/h1-5,10H,6-8H2;2*7-10H,1-6H2;2*1-5,9H,6-7H2;4*1-2H3. The van der Waals surface area contributed by atoms with Gasteiger partial charge in [0.25, 0.3) is 0 Å². The first kappa shape index (κ1) is 50.8. The lowest BCUT2D eigenvalue weighted by Crippen LogP contribution is -2.15. The van der Waals surface area contributed by atoms with Gasteiger partial charge in [-0.2, -0.15) is 0 Å². The lowest BCUT2D eigenvalue weighted by atomic mass is 9.82. The second-order valence-electron chi connectivity index (χ2n) is 17.3. The topological polar surface area (TPSA) is 56.0 Å². The molecule has 0 radical (unpaired) electrons. The Bertz CT molecular complexity index is 1280. The Morgan fingerprint density at radius 1 is 0.410 bits per heavy atom. The van der Waals surface area contributed by atoms with E-state index in [1.165, 1.54) is 59.3 Å². The van der Waals surface area contributed by atoms with Crippen molar-refractivity contribution in [2.75, 3.05) is 33.0 Å². The molecule has 11 atom stereocenters. The van der Waals surface area contributed by atoms with Crippen molar-refractivity contribution in [1.29, 1.82) is 0 Å². The van der Waals surface area contributed by atoms with E-state index in [0.29, 0.717) is 31.5 Å². The molecule has 9 fully saturated rings. The average Bonchev–Trinajstić information content (AvgIpc) is 4.25. The van der Waals surface area contributed by atoms with Crippen LogP contribution in [0.5, 0.6) is 11.5 Å². The molecule has 3 heterocycles. The summed E-state index contributed by atoms with van der Waals surface area (Å²) < 4.78 is 26.0. The molecule has 0 amide bonds. The van der Waals surface area contributed by atoms with E-state index in [4.69, 9.17) is 23.7 Å². The number of rotatable bonds is 9. The fourth-order valence-corrected chi connectivity index (χ4v) is 11.0. The van der Waals surface area contributed by atoms with Gasteiger partial charge in [-0.25, -0.2) is 0 Å². The van der Waals surface area contributed by atoms with Crippen molar-refractivity contribution in [3.05, 3.63) is 96.6 Å². The number of hydrogen-bond donors (Lipinski definition) is 0. The average molecular weight is 841 g/mol. The molecule has 5 nitrogen and oxygen atoms in total. The Hall–Kier alpha value is -2.86. The van der Waals surface area contributed by atoms with Crippen molar-refractivity contribution in [3.8, 4) is 11.5 Å². The Morgan fingerprint density at radius 2 is 0.721 bits per heavy atom. The first-order valence-electron chi connectivity index (χ1n) is 25.5. The van der Waals surface area contributed by atoms with Gasteiger partial charge >= 0.3 is 0 Å². The maximum atomic E-state index is 5.40. The van der Waals surface area contributed by atoms with Crippen LogP contribution in [-0.2, 0) is 20.6 Å². The summed E-state index contributed by atoms with van der Waals surface area (Å²) in [5.74, 6) is 11.4. The lowest BCUT2D eigenvalue weighted by molar-refractivity contribution is 0.259. The van der Waals surface area contributed by atoms with Crippen molar-refractivity contribution in [3.63, 3.8) is 0 Å². The van der Waals surface area contributed by atoms with Crippen LogP contribution in [0.3, 0.4) is 0 Å². The zero-order chi connectivity index (χ0) is 43.7. The molecular weight excluding hydrogens is 753 g/mol. The summed E-state index contributed by atoms with van der Waals surface area (Å²) in [6.07, 6.45) is 22.7. The van der Waals surface area contributed by atoms with Gasteiger partial charge in [0, 0.05) is 0 Å². The second kappa shape index (κ2) is 29.5. The van der Waals surface area contributed by atoms with Crippen LogP contribution in [0.2, 0.25) is 0 Å². The highest BCUT2D eigenvalue weighted by atomic mass is 16.6. The van der Waals surface area contributed by atoms with Crippen LogP contribution >= 0.6 is 0 Å². The van der Waals surface area contributed by atoms with Crippen molar-refractivity contribution < 1.29 is 23.7 Å². The molecule has 3 aliphatic heterocycles. The smallest absolute Gasteiger partial charge is 0.119 e. The molecule has 11 unspecified atom stereocenters. The van der Waals surface area contributed by atoms with E-state index in [9.17, 15) is 0 Å². The van der Waals surface area contributed by atoms with Crippen LogP contribution in [0.25, 0.3) is 0 Å². The van der Waals surface area contributed by atoms with Gasteiger partial charge in [0.1, 0.15) is 36.9 Å². The molecule has 0 spiro atoms. The Morgan fingerprint density at radius 3 is 1.03 bits per heavy atom. The Kier molecular flexibility index (Phi) is 24.6. The molecule has 0 N–H and O–H groups in total. The molecule has 4 bridgehead atoms. The maximum absolute atomic E-state index is 5.40. The Labute approximate surface area is 374 Å². The summed E-state index contributed by atoms with van der Waals surface area (Å²) in [6.45, 7) is 20.1. The summed E-state index contributed by atoms with van der Waals surface area (Å²) in [4.78, 5) is 0.